The molecule has 146 valence electrons. The Kier molecular flexibility index (Phi) is 4.45. The highest BCUT2D eigenvalue weighted by Crippen LogP contribution is 2.29. The van der Waals surface area contributed by atoms with Crippen molar-refractivity contribution < 1.29 is 8.42 Å². The zero-order chi connectivity index (χ0) is 20.6. The van der Waals surface area contributed by atoms with E-state index in [1.165, 1.54) is 34.8 Å². The lowest BCUT2D eigenvalue weighted by atomic mass is 10.1. The number of benzene rings is 2. The van der Waals surface area contributed by atoms with Crippen molar-refractivity contribution in [3.05, 3.63) is 71.0 Å². The summed E-state index contributed by atoms with van der Waals surface area (Å²) in [6.07, 6.45) is 0. The minimum absolute atomic E-state index is 0.0382. The fourth-order valence-electron chi connectivity index (χ4n) is 2.71. The highest BCUT2D eigenvalue weighted by atomic mass is 32.2. The van der Waals surface area contributed by atoms with Crippen LogP contribution in [0, 0.1) is 0 Å². The summed E-state index contributed by atoms with van der Waals surface area (Å²) in [5, 5.41) is 15.9. The van der Waals surface area contributed by atoms with Crippen LogP contribution in [0.5, 0.6) is 0 Å². The fourth-order valence-corrected chi connectivity index (χ4v) is 3.22. The molecule has 2 aromatic heterocycles. The van der Waals surface area contributed by atoms with Crippen LogP contribution in [0.3, 0.4) is 0 Å². The number of H-pyrrole nitrogens is 1. The van der Waals surface area contributed by atoms with E-state index < -0.39 is 10.0 Å². The number of hydrogen-bond acceptors (Lipinski definition) is 7. The molecule has 0 fully saturated rings. The van der Waals surface area contributed by atoms with Crippen molar-refractivity contribution in [2.75, 3.05) is 5.73 Å². The fraction of sp³-hybridized carbons (Fsp3) is 0. The zero-order valence-corrected chi connectivity index (χ0v) is 15.7. The first-order chi connectivity index (χ1) is 13.8. The van der Waals surface area contributed by atoms with Crippen LogP contribution in [0.25, 0.3) is 16.9 Å². The van der Waals surface area contributed by atoms with E-state index in [0.717, 1.165) is 5.56 Å². The molecule has 4 rings (SSSR count). The van der Waals surface area contributed by atoms with Crippen LogP contribution >= 0.6 is 0 Å². The van der Waals surface area contributed by atoms with Gasteiger partial charge in [-0.15, -0.1) is 5.11 Å². The molecule has 0 amide bonds. The number of primary sulfonamides is 1. The van der Waals surface area contributed by atoms with Gasteiger partial charge in [0.25, 0.3) is 5.56 Å². The van der Waals surface area contributed by atoms with Crippen LogP contribution in [0.15, 0.2) is 80.6 Å². The Balaban J connectivity index is 1.77. The van der Waals surface area contributed by atoms with E-state index in [4.69, 9.17) is 10.9 Å². The van der Waals surface area contributed by atoms with Gasteiger partial charge in [0.2, 0.25) is 10.0 Å². The van der Waals surface area contributed by atoms with Crippen molar-refractivity contribution >= 4 is 32.9 Å². The maximum Gasteiger partial charge on any atom is 0.273 e. The highest BCUT2D eigenvalue weighted by Gasteiger charge is 2.14. The van der Waals surface area contributed by atoms with Crippen molar-refractivity contribution in [2.45, 2.75) is 4.90 Å². The van der Waals surface area contributed by atoms with Gasteiger partial charge in [-0.05, 0) is 24.3 Å². The van der Waals surface area contributed by atoms with E-state index in [1.54, 1.807) is 0 Å². The molecule has 0 spiro atoms. The van der Waals surface area contributed by atoms with E-state index in [0.29, 0.717) is 11.4 Å². The largest absolute Gasteiger partial charge is 0.382 e. The van der Waals surface area contributed by atoms with Crippen molar-refractivity contribution in [1.29, 1.82) is 0 Å². The number of nitrogens with two attached hydrogens (primary N) is 2. The Hall–Kier alpha value is -3.83. The van der Waals surface area contributed by atoms with Crippen LogP contribution in [0.1, 0.15) is 0 Å². The summed E-state index contributed by atoms with van der Waals surface area (Å²) in [5.74, 6) is 0.115. The first-order valence-electron chi connectivity index (χ1n) is 8.34. The number of nitrogens with zero attached hydrogens (tertiary/aromatic N) is 4. The SMILES string of the molecule is Nc1[nH]n2c(=O)cc(-c3ccccc3)nc2c1N=Nc1ccc(S(N)(=O)=O)cc1. The molecule has 0 radical (unpaired) electrons. The standard InChI is InChI=1S/C18H15N7O3S/c19-17-16(23-22-12-6-8-13(9-7-12)29(20,27)28)18-21-14(10-15(26)25(18)24-17)11-4-2-1-3-5-11/h1-10,24H,19H2,(H2,20,27,28). The molecule has 0 aliphatic rings. The van der Waals surface area contributed by atoms with Gasteiger partial charge < -0.3 is 5.73 Å². The summed E-state index contributed by atoms with van der Waals surface area (Å²) in [5.41, 5.74) is 7.64. The predicted octanol–water partition coefficient (Wildman–Crippen LogP) is 2.33. The average molecular weight is 409 g/mol. The number of nitrogen functional groups attached to an aromatic ring is 1. The van der Waals surface area contributed by atoms with Crippen molar-refractivity contribution in [2.24, 2.45) is 15.4 Å². The third-order valence-corrected chi connectivity index (χ3v) is 5.05. The van der Waals surface area contributed by atoms with Gasteiger partial charge in [0.15, 0.2) is 11.3 Å². The smallest absolute Gasteiger partial charge is 0.273 e. The number of fused-ring (bicyclic) bond motifs is 1. The van der Waals surface area contributed by atoms with Gasteiger partial charge in [-0.25, -0.2) is 18.5 Å². The van der Waals surface area contributed by atoms with E-state index in [2.05, 4.69) is 20.3 Å². The second-order valence-electron chi connectivity index (χ2n) is 6.12. The van der Waals surface area contributed by atoms with Gasteiger partial charge in [0.05, 0.1) is 16.3 Å². The summed E-state index contributed by atoms with van der Waals surface area (Å²) in [4.78, 5) is 16.9. The van der Waals surface area contributed by atoms with Crippen LogP contribution < -0.4 is 16.4 Å². The molecule has 10 nitrogen and oxygen atoms in total. The first-order valence-corrected chi connectivity index (χ1v) is 9.89. The molecule has 0 bridgehead atoms. The normalized spacial score (nSPS) is 12.0. The molecule has 0 saturated carbocycles. The van der Waals surface area contributed by atoms with E-state index in [9.17, 15) is 13.2 Å². The van der Waals surface area contributed by atoms with Crippen LogP contribution in [-0.2, 0) is 10.0 Å². The number of aromatic amines is 1. The van der Waals surface area contributed by atoms with Gasteiger partial charge in [-0.2, -0.15) is 9.63 Å². The molecule has 0 atom stereocenters. The van der Waals surface area contributed by atoms with E-state index in [1.807, 2.05) is 30.3 Å². The van der Waals surface area contributed by atoms with Gasteiger partial charge in [0.1, 0.15) is 5.82 Å². The third kappa shape index (κ3) is 3.63. The topological polar surface area (TPSA) is 161 Å². The molecule has 4 aromatic rings. The molecule has 0 aliphatic carbocycles. The lowest BCUT2D eigenvalue weighted by Gasteiger charge is -2.01. The van der Waals surface area contributed by atoms with Crippen LogP contribution in [-0.4, -0.2) is 23.0 Å². The minimum Gasteiger partial charge on any atom is -0.382 e. The maximum atomic E-state index is 12.4. The quantitative estimate of drug-likeness (QED) is 0.440. The number of anilines is 1. The Bertz CT molecular complexity index is 1390. The van der Waals surface area contributed by atoms with E-state index >= 15 is 0 Å². The zero-order valence-electron chi connectivity index (χ0n) is 14.9. The number of hydrogen-bond donors (Lipinski definition) is 3. The van der Waals surface area contributed by atoms with E-state index in [-0.39, 0.29) is 27.6 Å². The van der Waals surface area contributed by atoms with Gasteiger partial charge in [-0.3, -0.25) is 9.89 Å². The molecular formula is C18H15N7O3S. The molecule has 2 heterocycles. The van der Waals surface area contributed by atoms with Crippen LogP contribution in [0.2, 0.25) is 0 Å². The number of azo groups is 1. The van der Waals surface area contributed by atoms with Crippen molar-refractivity contribution in [3.8, 4) is 11.3 Å². The predicted molar refractivity (Wildman–Crippen MR) is 108 cm³/mol. The number of nitrogens with one attached hydrogen (secondary N) is 1. The number of rotatable bonds is 4. The molecule has 11 heteroatoms. The molecule has 5 N–H and O–H groups in total. The number of aromatic nitrogens is 3. The first kappa shape index (κ1) is 18.5. The minimum atomic E-state index is -3.79. The summed E-state index contributed by atoms with van der Waals surface area (Å²) < 4.78 is 23.8. The number of sulfonamides is 1. The lowest BCUT2D eigenvalue weighted by Crippen LogP contribution is -2.14. The molecule has 0 aliphatic heterocycles. The Labute approximate surface area is 164 Å². The molecule has 2 aromatic carbocycles. The Morgan fingerprint density at radius 3 is 2.34 bits per heavy atom. The Morgan fingerprint density at radius 1 is 1.00 bits per heavy atom. The third-order valence-electron chi connectivity index (χ3n) is 4.12. The van der Waals surface area contributed by atoms with Gasteiger partial charge in [0, 0.05) is 11.6 Å². The Morgan fingerprint density at radius 2 is 1.69 bits per heavy atom. The second-order valence-corrected chi connectivity index (χ2v) is 7.68. The molecular weight excluding hydrogens is 394 g/mol. The lowest BCUT2D eigenvalue weighted by molar-refractivity contribution is 0.598. The summed E-state index contributed by atoms with van der Waals surface area (Å²) in [6.45, 7) is 0. The summed E-state index contributed by atoms with van der Waals surface area (Å²) in [7, 11) is -3.79. The summed E-state index contributed by atoms with van der Waals surface area (Å²) in [6, 6.07) is 16.1. The molecule has 29 heavy (non-hydrogen) atoms. The maximum absolute atomic E-state index is 12.4. The second kappa shape index (κ2) is 6.96. The van der Waals surface area contributed by atoms with Gasteiger partial charge >= 0.3 is 0 Å². The molecule has 0 saturated heterocycles. The average Bonchev–Trinajstić information content (AvgIpc) is 3.02. The highest BCUT2D eigenvalue weighted by molar-refractivity contribution is 7.89. The van der Waals surface area contributed by atoms with Crippen LogP contribution in [0.4, 0.5) is 17.2 Å². The summed E-state index contributed by atoms with van der Waals surface area (Å²) >= 11 is 0. The van der Waals surface area contributed by atoms with Gasteiger partial charge in [-0.1, -0.05) is 30.3 Å². The van der Waals surface area contributed by atoms with Crippen molar-refractivity contribution in [1.82, 2.24) is 14.6 Å². The van der Waals surface area contributed by atoms with Crippen molar-refractivity contribution in [3.63, 3.8) is 0 Å². The molecule has 0 unspecified atom stereocenters. The monoisotopic (exact) mass is 409 g/mol.